The number of nitrogens with zero attached hydrogens (tertiary/aromatic N) is 9. The number of halogens is 2. The lowest BCUT2D eigenvalue weighted by Crippen LogP contribution is -2.48. The maximum absolute atomic E-state index is 15.2. The van der Waals surface area contributed by atoms with Gasteiger partial charge in [0.25, 0.3) is 0 Å². The van der Waals surface area contributed by atoms with Crippen LogP contribution in [-0.4, -0.2) is 69.2 Å². The predicted octanol–water partition coefficient (Wildman–Crippen LogP) is 2.43. The van der Waals surface area contributed by atoms with Crippen molar-refractivity contribution in [2.75, 3.05) is 5.32 Å². The zero-order chi connectivity index (χ0) is 26.4. The maximum atomic E-state index is 15.2. The summed E-state index contributed by atoms with van der Waals surface area (Å²) in [4.78, 5) is 28.0. The lowest BCUT2D eigenvalue weighted by Gasteiger charge is -2.33. The van der Waals surface area contributed by atoms with Crippen molar-refractivity contribution in [3.05, 3.63) is 65.2 Å². The Morgan fingerprint density at radius 3 is 2.63 bits per heavy atom. The first kappa shape index (κ1) is 23.9. The number of amides is 2. The van der Waals surface area contributed by atoms with E-state index in [1.807, 2.05) is 12.1 Å². The molecule has 4 heterocycles. The molecule has 0 spiro atoms. The van der Waals surface area contributed by atoms with Crippen LogP contribution in [0.25, 0.3) is 22.6 Å². The zero-order valence-corrected chi connectivity index (χ0v) is 20.7. The number of carbonyl (C=O) groups excluding carboxylic acids is 2. The molecule has 1 fully saturated rings. The van der Waals surface area contributed by atoms with E-state index in [4.69, 9.17) is 11.6 Å². The first-order chi connectivity index (χ1) is 18.4. The van der Waals surface area contributed by atoms with E-state index in [2.05, 4.69) is 36.4 Å². The summed E-state index contributed by atoms with van der Waals surface area (Å²) in [5, 5.41) is 25.3. The molecule has 2 aromatic carbocycles. The van der Waals surface area contributed by atoms with Crippen LogP contribution in [0.3, 0.4) is 0 Å². The summed E-state index contributed by atoms with van der Waals surface area (Å²) in [5.74, 6) is -0.697. The number of hydrogen-bond acceptors (Lipinski definition) is 8. The molecule has 2 aliphatic rings. The van der Waals surface area contributed by atoms with E-state index in [-0.39, 0.29) is 28.4 Å². The lowest BCUT2D eigenvalue weighted by atomic mass is 9.92. The minimum absolute atomic E-state index is 0.0715. The molecule has 4 aromatic rings. The van der Waals surface area contributed by atoms with Crippen molar-refractivity contribution >= 4 is 34.7 Å². The minimum atomic E-state index is -0.653. The highest BCUT2D eigenvalue weighted by molar-refractivity contribution is 6.31. The van der Waals surface area contributed by atoms with Crippen LogP contribution in [0.1, 0.15) is 24.8 Å². The van der Waals surface area contributed by atoms with Gasteiger partial charge in [-0.1, -0.05) is 11.6 Å². The number of hydrogen-bond donors (Lipinski definition) is 1. The molecule has 1 saturated heterocycles. The second kappa shape index (κ2) is 9.41. The summed E-state index contributed by atoms with van der Waals surface area (Å²) in [6.45, 7) is 0. The van der Waals surface area contributed by atoms with Crippen molar-refractivity contribution in [2.24, 2.45) is 7.05 Å². The van der Waals surface area contributed by atoms with Crippen LogP contribution >= 0.6 is 11.6 Å². The Hall–Kier alpha value is -4.52. The normalized spacial score (nSPS) is 18.9. The number of benzene rings is 2. The van der Waals surface area contributed by atoms with Crippen molar-refractivity contribution in [3.8, 4) is 17.1 Å². The summed E-state index contributed by atoms with van der Waals surface area (Å²) >= 11 is 6.08. The molecule has 6 rings (SSSR count). The number of fused-ring (bicyclic) bond motifs is 1. The second-order valence-electron chi connectivity index (χ2n) is 9.07. The van der Waals surface area contributed by atoms with Crippen LogP contribution in [0, 0.1) is 5.82 Å². The summed E-state index contributed by atoms with van der Waals surface area (Å²) in [7, 11) is 1.74. The van der Waals surface area contributed by atoms with Crippen molar-refractivity contribution in [2.45, 2.75) is 31.3 Å². The van der Waals surface area contributed by atoms with Crippen molar-refractivity contribution in [3.63, 3.8) is 0 Å². The Morgan fingerprint density at radius 2 is 1.92 bits per heavy atom. The number of aromatic nitrogens is 8. The van der Waals surface area contributed by atoms with Gasteiger partial charge >= 0.3 is 0 Å². The molecule has 0 saturated carbocycles. The third-order valence-corrected chi connectivity index (χ3v) is 7.13. The smallest absolute Gasteiger partial charge is 0.247 e. The average Bonchev–Trinajstić information content (AvgIpc) is 3.67. The van der Waals surface area contributed by atoms with E-state index in [0.29, 0.717) is 42.0 Å². The summed E-state index contributed by atoms with van der Waals surface area (Å²) < 4.78 is 18.1. The molecule has 1 N–H and O–H groups in total. The van der Waals surface area contributed by atoms with Crippen molar-refractivity contribution < 1.29 is 14.0 Å². The van der Waals surface area contributed by atoms with Crippen LogP contribution in [-0.2, 0) is 16.6 Å². The van der Waals surface area contributed by atoms with Gasteiger partial charge in [0.15, 0.2) is 11.6 Å². The van der Waals surface area contributed by atoms with Gasteiger partial charge in [-0.15, -0.1) is 10.2 Å². The van der Waals surface area contributed by atoms with Gasteiger partial charge in [-0.05, 0) is 82.1 Å². The van der Waals surface area contributed by atoms with Crippen LogP contribution in [0.15, 0.2) is 48.8 Å². The number of aryl methyl sites for hydroxylation is 1. The topological polar surface area (TPSA) is 137 Å². The number of tetrazole rings is 2. The fourth-order valence-corrected chi connectivity index (χ4v) is 5.25. The van der Waals surface area contributed by atoms with E-state index >= 15 is 4.39 Å². The highest BCUT2D eigenvalue weighted by Gasteiger charge is 2.43. The molecule has 0 bridgehead atoms. The van der Waals surface area contributed by atoms with Gasteiger partial charge in [0.1, 0.15) is 12.4 Å². The Balaban J connectivity index is 1.23. The first-order valence-corrected chi connectivity index (χ1v) is 12.2. The van der Waals surface area contributed by atoms with Gasteiger partial charge in [0.2, 0.25) is 11.8 Å². The van der Waals surface area contributed by atoms with E-state index in [1.54, 1.807) is 34.8 Å². The van der Waals surface area contributed by atoms with Crippen LogP contribution in [0.2, 0.25) is 5.02 Å². The molecular formula is C24H20ClFN10O2. The fraction of sp³-hybridized carbons (Fsp3) is 0.250. The molecule has 38 heavy (non-hydrogen) atoms. The van der Waals surface area contributed by atoms with E-state index in [0.717, 1.165) is 5.56 Å². The van der Waals surface area contributed by atoms with Gasteiger partial charge in [-0.3, -0.25) is 9.59 Å². The highest BCUT2D eigenvalue weighted by Crippen LogP contribution is 2.40. The summed E-state index contributed by atoms with van der Waals surface area (Å²) in [6.07, 6.45) is 4.17. The fourth-order valence-electron chi connectivity index (χ4n) is 5.10. The maximum Gasteiger partial charge on any atom is 0.247 e. The van der Waals surface area contributed by atoms with Gasteiger partial charge in [0.05, 0.1) is 10.7 Å². The number of carbonyl (C=O) groups is 2. The molecule has 12 nitrogen and oxygen atoms in total. The summed E-state index contributed by atoms with van der Waals surface area (Å²) in [5.41, 5.74) is 2.41. The average molecular weight is 535 g/mol. The number of anilines is 1. The molecular weight excluding hydrogens is 515 g/mol. The number of nitrogens with one attached hydrogen (secondary N) is 1. The standard InChI is InChI=1S/C24H20ClFN10O2/c1-34-23(29-31-32-34)13-2-4-15(5-3-13)28-24(38)19-8-6-16-10-14(11-20(37)36(16)19)21-18(35-12-27-30-33-35)9-7-17(25)22(21)26/h2-5,7,9,11-12,16,19H,6,8,10H2,1H3,(H,28,38)/t16?,19-/m0/s1. The molecule has 192 valence electrons. The monoisotopic (exact) mass is 534 g/mol. The van der Waals surface area contributed by atoms with E-state index < -0.39 is 11.9 Å². The van der Waals surface area contributed by atoms with Crippen LogP contribution in [0.5, 0.6) is 0 Å². The van der Waals surface area contributed by atoms with Crippen molar-refractivity contribution in [1.29, 1.82) is 0 Å². The minimum Gasteiger partial charge on any atom is -0.324 e. The lowest BCUT2D eigenvalue weighted by molar-refractivity contribution is -0.135. The van der Waals surface area contributed by atoms with Crippen molar-refractivity contribution in [1.82, 2.24) is 45.3 Å². The van der Waals surface area contributed by atoms with Gasteiger partial charge in [-0.2, -0.15) is 4.68 Å². The Kier molecular flexibility index (Phi) is 5.91. The van der Waals surface area contributed by atoms with E-state index in [9.17, 15) is 9.59 Å². The Labute approximate surface area is 220 Å². The predicted molar refractivity (Wildman–Crippen MR) is 133 cm³/mol. The molecule has 14 heteroatoms. The Morgan fingerprint density at radius 1 is 1.11 bits per heavy atom. The quantitative estimate of drug-likeness (QED) is 0.412. The first-order valence-electron chi connectivity index (χ1n) is 11.8. The van der Waals surface area contributed by atoms with E-state index in [1.165, 1.54) is 23.2 Å². The molecule has 1 unspecified atom stereocenters. The molecule has 0 radical (unpaired) electrons. The molecule has 2 atom stereocenters. The molecule has 2 amide bonds. The third-order valence-electron chi connectivity index (χ3n) is 6.83. The number of rotatable bonds is 5. The van der Waals surface area contributed by atoms with Crippen LogP contribution < -0.4 is 5.32 Å². The van der Waals surface area contributed by atoms with Gasteiger partial charge < -0.3 is 10.2 Å². The largest absolute Gasteiger partial charge is 0.324 e. The Bertz CT molecular complexity index is 1570. The summed E-state index contributed by atoms with van der Waals surface area (Å²) in [6, 6.07) is 9.25. The zero-order valence-electron chi connectivity index (χ0n) is 20.0. The third kappa shape index (κ3) is 4.10. The van der Waals surface area contributed by atoms with Gasteiger partial charge in [-0.25, -0.2) is 9.07 Å². The van der Waals surface area contributed by atoms with Crippen LogP contribution in [0.4, 0.5) is 10.1 Å². The highest BCUT2D eigenvalue weighted by atomic mass is 35.5. The van der Waals surface area contributed by atoms with Gasteiger partial charge in [0, 0.05) is 36.0 Å². The second-order valence-corrected chi connectivity index (χ2v) is 9.48. The molecule has 2 aliphatic heterocycles. The molecule has 0 aliphatic carbocycles. The SMILES string of the molecule is Cn1nnnc1-c1ccc(NC(=O)[C@@H]2CCC3CC(c4c(-n5cnnn5)ccc(Cl)c4F)=CC(=O)N32)cc1. The molecule has 2 aromatic heterocycles.